The molecular formula is C14H15NO3. The van der Waals surface area contributed by atoms with Crippen LogP contribution in [0.25, 0.3) is 11.1 Å². The number of methoxy groups -OCH3 is 2. The molecule has 2 rings (SSSR count). The van der Waals surface area contributed by atoms with E-state index in [4.69, 9.17) is 9.47 Å². The summed E-state index contributed by atoms with van der Waals surface area (Å²) < 4.78 is 10.2. The van der Waals surface area contributed by atoms with Gasteiger partial charge >= 0.3 is 0 Å². The monoisotopic (exact) mass is 245 g/mol. The Balaban J connectivity index is 2.46. The zero-order valence-electron chi connectivity index (χ0n) is 10.4. The number of hydrogen-bond acceptors (Lipinski definition) is 4. The minimum atomic E-state index is -0.0225. The van der Waals surface area contributed by atoms with E-state index in [2.05, 4.69) is 4.98 Å². The maximum atomic E-state index is 9.36. The standard InChI is InChI=1S/C14H15NO3/c1-17-12-5-3-11(9-16)13(7-12)10-4-6-14(18-2)15-8-10/h3-8,16H,9H2,1-2H3. The Labute approximate surface area is 106 Å². The molecule has 0 aliphatic carbocycles. The minimum Gasteiger partial charge on any atom is -0.497 e. The molecule has 0 saturated carbocycles. The van der Waals surface area contributed by atoms with Gasteiger partial charge in [0.25, 0.3) is 0 Å². The minimum absolute atomic E-state index is 0.0225. The van der Waals surface area contributed by atoms with Crippen molar-refractivity contribution in [3.63, 3.8) is 0 Å². The summed E-state index contributed by atoms with van der Waals surface area (Å²) in [6.07, 6.45) is 1.72. The van der Waals surface area contributed by atoms with Crippen molar-refractivity contribution in [3.8, 4) is 22.8 Å². The fourth-order valence-corrected chi connectivity index (χ4v) is 1.75. The fraction of sp³-hybridized carbons (Fsp3) is 0.214. The molecule has 0 bridgehead atoms. The lowest BCUT2D eigenvalue weighted by Gasteiger charge is -2.10. The summed E-state index contributed by atoms with van der Waals surface area (Å²) in [7, 11) is 3.19. The van der Waals surface area contributed by atoms with Crippen molar-refractivity contribution in [2.45, 2.75) is 6.61 Å². The van der Waals surface area contributed by atoms with Crippen LogP contribution in [0.4, 0.5) is 0 Å². The van der Waals surface area contributed by atoms with Gasteiger partial charge < -0.3 is 14.6 Å². The van der Waals surface area contributed by atoms with E-state index in [9.17, 15) is 5.11 Å². The summed E-state index contributed by atoms with van der Waals surface area (Å²) in [4.78, 5) is 4.16. The van der Waals surface area contributed by atoms with E-state index in [0.717, 1.165) is 22.4 Å². The van der Waals surface area contributed by atoms with E-state index in [1.54, 1.807) is 26.5 Å². The number of pyridine rings is 1. The lowest BCUT2D eigenvalue weighted by atomic mass is 10.0. The molecule has 1 N–H and O–H groups in total. The lowest BCUT2D eigenvalue weighted by molar-refractivity contribution is 0.282. The van der Waals surface area contributed by atoms with E-state index in [-0.39, 0.29) is 6.61 Å². The van der Waals surface area contributed by atoms with E-state index in [1.807, 2.05) is 24.3 Å². The molecule has 1 aromatic carbocycles. The van der Waals surface area contributed by atoms with Gasteiger partial charge in [0.2, 0.25) is 5.88 Å². The number of rotatable bonds is 4. The molecule has 0 saturated heterocycles. The molecule has 4 heteroatoms. The first kappa shape index (κ1) is 12.4. The average Bonchev–Trinajstić information content (AvgIpc) is 2.46. The fourth-order valence-electron chi connectivity index (χ4n) is 1.75. The van der Waals surface area contributed by atoms with E-state index in [1.165, 1.54) is 0 Å². The predicted octanol–water partition coefficient (Wildman–Crippen LogP) is 2.26. The molecule has 1 heterocycles. The molecule has 0 aliphatic rings. The molecule has 18 heavy (non-hydrogen) atoms. The van der Waals surface area contributed by atoms with Gasteiger partial charge in [-0.15, -0.1) is 0 Å². The molecule has 0 unspecified atom stereocenters. The summed E-state index contributed by atoms with van der Waals surface area (Å²) in [5.41, 5.74) is 2.66. The van der Waals surface area contributed by atoms with Crippen LogP contribution in [0.15, 0.2) is 36.5 Å². The van der Waals surface area contributed by atoms with Crippen molar-refractivity contribution in [3.05, 3.63) is 42.1 Å². The maximum absolute atomic E-state index is 9.36. The third-order valence-corrected chi connectivity index (χ3v) is 2.74. The molecule has 2 aromatic rings. The van der Waals surface area contributed by atoms with E-state index in [0.29, 0.717) is 5.88 Å². The maximum Gasteiger partial charge on any atom is 0.212 e. The smallest absolute Gasteiger partial charge is 0.212 e. The van der Waals surface area contributed by atoms with Gasteiger partial charge in [0.05, 0.1) is 20.8 Å². The molecule has 0 aliphatic heterocycles. The molecule has 0 atom stereocenters. The van der Waals surface area contributed by atoms with Crippen molar-refractivity contribution >= 4 is 0 Å². The molecule has 94 valence electrons. The lowest BCUT2D eigenvalue weighted by Crippen LogP contribution is -1.93. The Hall–Kier alpha value is -2.07. The van der Waals surface area contributed by atoms with Gasteiger partial charge in [0.1, 0.15) is 5.75 Å². The molecule has 0 amide bonds. The first-order valence-corrected chi connectivity index (χ1v) is 5.56. The van der Waals surface area contributed by atoms with Crippen LogP contribution >= 0.6 is 0 Å². The van der Waals surface area contributed by atoms with Crippen LogP contribution in [-0.4, -0.2) is 24.3 Å². The molecule has 0 spiro atoms. The Morgan fingerprint density at radius 2 is 1.94 bits per heavy atom. The third kappa shape index (κ3) is 2.43. The molecule has 4 nitrogen and oxygen atoms in total. The molecule has 1 aromatic heterocycles. The van der Waals surface area contributed by atoms with Crippen LogP contribution in [0.5, 0.6) is 11.6 Å². The second-order valence-electron chi connectivity index (χ2n) is 3.77. The van der Waals surface area contributed by atoms with E-state index < -0.39 is 0 Å². The van der Waals surface area contributed by atoms with Gasteiger partial charge in [-0.1, -0.05) is 6.07 Å². The summed E-state index contributed by atoms with van der Waals surface area (Å²) in [6, 6.07) is 9.25. The van der Waals surface area contributed by atoms with Crippen molar-refractivity contribution in [1.82, 2.24) is 4.98 Å². The van der Waals surface area contributed by atoms with Crippen LogP contribution < -0.4 is 9.47 Å². The normalized spacial score (nSPS) is 10.2. The molecular weight excluding hydrogens is 230 g/mol. The van der Waals surface area contributed by atoms with Gasteiger partial charge in [0, 0.05) is 17.8 Å². The van der Waals surface area contributed by atoms with Gasteiger partial charge in [-0.25, -0.2) is 4.98 Å². The van der Waals surface area contributed by atoms with Crippen LogP contribution in [-0.2, 0) is 6.61 Å². The number of nitrogens with zero attached hydrogens (tertiary/aromatic N) is 1. The van der Waals surface area contributed by atoms with Crippen LogP contribution in [0.3, 0.4) is 0 Å². The summed E-state index contributed by atoms with van der Waals surface area (Å²) >= 11 is 0. The first-order valence-electron chi connectivity index (χ1n) is 5.56. The number of aliphatic hydroxyl groups is 1. The van der Waals surface area contributed by atoms with Crippen molar-refractivity contribution in [2.24, 2.45) is 0 Å². The van der Waals surface area contributed by atoms with Crippen molar-refractivity contribution in [2.75, 3.05) is 14.2 Å². The summed E-state index contributed by atoms with van der Waals surface area (Å²) in [6.45, 7) is -0.0225. The quantitative estimate of drug-likeness (QED) is 0.897. The van der Waals surface area contributed by atoms with Crippen molar-refractivity contribution in [1.29, 1.82) is 0 Å². The summed E-state index contributed by atoms with van der Waals surface area (Å²) in [5, 5.41) is 9.36. The Morgan fingerprint density at radius 3 is 2.50 bits per heavy atom. The van der Waals surface area contributed by atoms with Crippen LogP contribution in [0.2, 0.25) is 0 Å². The topological polar surface area (TPSA) is 51.6 Å². The molecule has 0 fully saturated rings. The summed E-state index contributed by atoms with van der Waals surface area (Å²) in [5.74, 6) is 1.31. The Morgan fingerprint density at radius 1 is 1.11 bits per heavy atom. The Kier molecular flexibility index (Phi) is 3.79. The highest BCUT2D eigenvalue weighted by Crippen LogP contribution is 2.28. The van der Waals surface area contributed by atoms with Gasteiger partial charge in [0.15, 0.2) is 0 Å². The SMILES string of the molecule is COc1ccc(CO)c(-c2ccc(OC)nc2)c1. The van der Waals surface area contributed by atoms with Crippen LogP contribution in [0.1, 0.15) is 5.56 Å². The number of benzene rings is 1. The number of hydrogen-bond donors (Lipinski definition) is 1. The highest BCUT2D eigenvalue weighted by Gasteiger charge is 2.07. The number of aliphatic hydroxyl groups excluding tert-OH is 1. The average molecular weight is 245 g/mol. The zero-order valence-corrected chi connectivity index (χ0v) is 10.4. The number of aromatic nitrogens is 1. The van der Waals surface area contributed by atoms with Gasteiger partial charge in [-0.3, -0.25) is 0 Å². The first-order chi connectivity index (χ1) is 8.78. The van der Waals surface area contributed by atoms with Crippen molar-refractivity contribution < 1.29 is 14.6 Å². The van der Waals surface area contributed by atoms with E-state index >= 15 is 0 Å². The predicted molar refractivity (Wildman–Crippen MR) is 68.7 cm³/mol. The highest BCUT2D eigenvalue weighted by molar-refractivity contribution is 5.68. The van der Waals surface area contributed by atoms with Crippen LogP contribution in [0, 0.1) is 0 Å². The van der Waals surface area contributed by atoms with Gasteiger partial charge in [-0.2, -0.15) is 0 Å². The third-order valence-electron chi connectivity index (χ3n) is 2.74. The second kappa shape index (κ2) is 5.51. The second-order valence-corrected chi connectivity index (χ2v) is 3.77. The largest absolute Gasteiger partial charge is 0.497 e. The number of ether oxygens (including phenoxy) is 2. The Bertz CT molecular complexity index is 523. The molecule has 0 radical (unpaired) electrons. The highest BCUT2D eigenvalue weighted by atomic mass is 16.5. The van der Waals surface area contributed by atoms with Gasteiger partial charge in [-0.05, 0) is 29.3 Å². The zero-order chi connectivity index (χ0) is 13.0.